The van der Waals surface area contributed by atoms with Gasteiger partial charge in [0.1, 0.15) is 0 Å². The number of aromatic nitrogens is 1. The number of esters is 1. The van der Waals surface area contributed by atoms with E-state index in [1.165, 1.54) is 11.3 Å². The van der Waals surface area contributed by atoms with Crippen molar-refractivity contribution >= 4 is 38.3 Å². The highest BCUT2D eigenvalue weighted by atomic mass is 32.1. The van der Waals surface area contributed by atoms with Gasteiger partial charge in [-0.05, 0) is 31.2 Å². The number of hydrogen-bond acceptors (Lipinski definition) is 6. The molecule has 23 heavy (non-hydrogen) atoms. The fraction of sp³-hybridized carbons (Fsp3) is 0.125. The lowest BCUT2D eigenvalue weighted by atomic mass is 10.2. The van der Waals surface area contributed by atoms with E-state index in [1.54, 1.807) is 31.2 Å². The van der Waals surface area contributed by atoms with Crippen molar-refractivity contribution in [2.24, 2.45) is 10.3 Å². The molecule has 2 aromatic carbocycles. The van der Waals surface area contributed by atoms with E-state index in [2.05, 4.69) is 20.7 Å². The minimum Gasteiger partial charge on any atom is -0.462 e. The number of nitrogens with one attached hydrogen (secondary N) is 1. The van der Waals surface area contributed by atoms with Crippen molar-refractivity contribution < 1.29 is 9.53 Å². The van der Waals surface area contributed by atoms with Crippen molar-refractivity contribution in [2.45, 2.75) is 6.92 Å². The molecule has 0 spiro atoms. The topological polar surface area (TPSA) is 75.9 Å². The number of benzene rings is 2. The molecular weight excluding hydrogens is 312 g/mol. The molecule has 0 saturated carbocycles. The van der Waals surface area contributed by atoms with Gasteiger partial charge in [0.2, 0.25) is 5.13 Å². The summed E-state index contributed by atoms with van der Waals surface area (Å²) in [5.41, 5.74) is 4.61. The van der Waals surface area contributed by atoms with Gasteiger partial charge in [-0.15, -0.1) is 5.11 Å². The quantitative estimate of drug-likeness (QED) is 0.423. The van der Waals surface area contributed by atoms with E-state index in [-0.39, 0.29) is 0 Å². The molecule has 116 valence electrons. The second-order valence-electron chi connectivity index (χ2n) is 4.54. The van der Waals surface area contributed by atoms with E-state index in [0.29, 0.717) is 23.0 Å². The van der Waals surface area contributed by atoms with Crippen LogP contribution in [0.25, 0.3) is 10.2 Å². The van der Waals surface area contributed by atoms with Crippen LogP contribution in [-0.4, -0.2) is 17.6 Å². The summed E-state index contributed by atoms with van der Waals surface area (Å²) in [4.78, 5) is 16.2. The van der Waals surface area contributed by atoms with Gasteiger partial charge in [-0.1, -0.05) is 40.8 Å². The smallest absolute Gasteiger partial charge is 0.340 e. The van der Waals surface area contributed by atoms with Crippen LogP contribution in [0.4, 0.5) is 10.8 Å². The molecule has 7 heteroatoms. The first-order chi connectivity index (χ1) is 11.3. The van der Waals surface area contributed by atoms with Gasteiger partial charge in [0, 0.05) is 0 Å². The van der Waals surface area contributed by atoms with Gasteiger partial charge in [0.25, 0.3) is 0 Å². The van der Waals surface area contributed by atoms with Gasteiger partial charge in [-0.2, -0.15) is 0 Å². The molecule has 0 radical (unpaired) electrons. The summed E-state index contributed by atoms with van der Waals surface area (Å²) in [5, 5.41) is 8.53. The van der Waals surface area contributed by atoms with E-state index in [1.807, 2.05) is 24.3 Å². The SMILES string of the molecule is CCOC(=O)c1ccccc1N/N=N/c1nc2ccccc2s1. The Hall–Kier alpha value is -2.80. The minimum atomic E-state index is -0.397. The number of carbonyl (C=O) groups is 1. The number of hydrogen-bond donors (Lipinski definition) is 1. The van der Waals surface area contributed by atoms with Gasteiger partial charge < -0.3 is 4.74 Å². The summed E-state index contributed by atoms with van der Waals surface area (Å²) < 4.78 is 6.06. The molecule has 3 aromatic rings. The highest BCUT2D eigenvalue weighted by molar-refractivity contribution is 7.21. The molecule has 0 saturated heterocycles. The normalized spacial score (nSPS) is 11.0. The molecule has 0 unspecified atom stereocenters. The molecule has 1 aromatic heterocycles. The first kappa shape index (κ1) is 15.1. The minimum absolute atomic E-state index is 0.320. The predicted molar refractivity (Wildman–Crippen MR) is 90.2 cm³/mol. The van der Waals surface area contributed by atoms with E-state index >= 15 is 0 Å². The summed E-state index contributed by atoms with van der Waals surface area (Å²) in [7, 11) is 0. The van der Waals surface area contributed by atoms with Crippen molar-refractivity contribution in [3.63, 3.8) is 0 Å². The summed E-state index contributed by atoms with van der Waals surface area (Å²) in [6.45, 7) is 2.08. The molecule has 0 atom stereocenters. The number of ether oxygens (including phenoxy) is 1. The molecule has 0 amide bonds. The van der Waals surface area contributed by atoms with Gasteiger partial charge in [0.15, 0.2) is 0 Å². The molecule has 3 rings (SSSR count). The van der Waals surface area contributed by atoms with Crippen molar-refractivity contribution in [2.75, 3.05) is 12.0 Å². The maximum Gasteiger partial charge on any atom is 0.340 e. The Balaban J connectivity index is 1.76. The van der Waals surface area contributed by atoms with E-state index < -0.39 is 5.97 Å². The molecule has 0 aliphatic heterocycles. The highest BCUT2D eigenvalue weighted by Gasteiger charge is 2.11. The van der Waals surface area contributed by atoms with Gasteiger partial charge in [0.05, 0.1) is 28.1 Å². The highest BCUT2D eigenvalue weighted by Crippen LogP contribution is 2.28. The Morgan fingerprint density at radius 2 is 2.00 bits per heavy atom. The van der Waals surface area contributed by atoms with Crippen molar-refractivity contribution in [1.29, 1.82) is 0 Å². The van der Waals surface area contributed by atoms with Crippen LogP contribution in [0, 0.1) is 0 Å². The van der Waals surface area contributed by atoms with Crippen molar-refractivity contribution in [1.82, 2.24) is 4.98 Å². The van der Waals surface area contributed by atoms with Crippen LogP contribution >= 0.6 is 11.3 Å². The first-order valence-electron chi connectivity index (χ1n) is 7.06. The Kier molecular flexibility index (Phi) is 4.58. The Labute approximate surface area is 136 Å². The number of thiazole rings is 1. The molecule has 6 nitrogen and oxygen atoms in total. The number of anilines is 1. The van der Waals surface area contributed by atoms with Gasteiger partial charge in [-0.25, -0.2) is 9.78 Å². The zero-order chi connectivity index (χ0) is 16.1. The van der Waals surface area contributed by atoms with Crippen LogP contribution in [-0.2, 0) is 4.74 Å². The molecular formula is C16H14N4O2S. The summed E-state index contributed by atoms with van der Waals surface area (Å²) in [5.74, 6) is -0.397. The predicted octanol–water partition coefficient (Wildman–Crippen LogP) is 4.58. The van der Waals surface area contributed by atoms with E-state index in [9.17, 15) is 4.79 Å². The van der Waals surface area contributed by atoms with Crippen LogP contribution in [0.5, 0.6) is 0 Å². The standard InChI is InChI=1S/C16H14N4O2S/c1-2-22-15(21)11-7-3-4-8-12(11)18-20-19-16-17-13-9-5-6-10-14(13)23-16/h3-10H,2H2,1H3,(H,17,18,19). The summed E-state index contributed by atoms with van der Waals surface area (Å²) in [6.07, 6.45) is 0. The number of nitrogens with zero attached hydrogens (tertiary/aromatic N) is 3. The summed E-state index contributed by atoms with van der Waals surface area (Å²) >= 11 is 1.45. The van der Waals surface area contributed by atoms with Crippen LogP contribution in [0.3, 0.4) is 0 Å². The molecule has 1 heterocycles. The number of para-hydroxylation sites is 2. The van der Waals surface area contributed by atoms with Gasteiger partial charge in [-0.3, -0.25) is 5.43 Å². The Morgan fingerprint density at radius 3 is 2.83 bits per heavy atom. The average Bonchev–Trinajstić information content (AvgIpc) is 2.98. The number of carbonyl (C=O) groups excluding carboxylic acids is 1. The lowest BCUT2D eigenvalue weighted by Crippen LogP contribution is -2.07. The fourth-order valence-corrected chi connectivity index (χ4v) is 2.78. The lowest BCUT2D eigenvalue weighted by molar-refractivity contribution is 0.0527. The fourth-order valence-electron chi connectivity index (χ4n) is 1.99. The molecule has 0 aliphatic rings. The van der Waals surface area contributed by atoms with Crippen LogP contribution in [0.1, 0.15) is 17.3 Å². The average molecular weight is 326 g/mol. The van der Waals surface area contributed by atoms with Crippen molar-refractivity contribution in [3.05, 3.63) is 54.1 Å². The first-order valence-corrected chi connectivity index (χ1v) is 7.88. The van der Waals surface area contributed by atoms with Crippen LogP contribution < -0.4 is 5.43 Å². The van der Waals surface area contributed by atoms with Crippen LogP contribution in [0.15, 0.2) is 58.9 Å². The monoisotopic (exact) mass is 326 g/mol. The maximum atomic E-state index is 11.9. The maximum absolute atomic E-state index is 11.9. The molecule has 1 N–H and O–H groups in total. The number of fused-ring (bicyclic) bond motifs is 1. The zero-order valence-electron chi connectivity index (χ0n) is 12.4. The largest absolute Gasteiger partial charge is 0.462 e. The van der Waals surface area contributed by atoms with Gasteiger partial charge >= 0.3 is 5.97 Å². The second-order valence-corrected chi connectivity index (χ2v) is 5.55. The molecule has 0 fully saturated rings. The Bertz CT molecular complexity index is 827. The number of rotatable bonds is 5. The second kappa shape index (κ2) is 6.97. The molecule has 0 aliphatic carbocycles. The summed E-state index contributed by atoms with van der Waals surface area (Å²) in [6, 6.07) is 14.8. The van der Waals surface area contributed by atoms with Crippen molar-refractivity contribution in [3.8, 4) is 0 Å². The third-order valence-electron chi connectivity index (χ3n) is 3.01. The van der Waals surface area contributed by atoms with Crippen LogP contribution in [0.2, 0.25) is 0 Å². The van der Waals surface area contributed by atoms with E-state index in [0.717, 1.165) is 10.2 Å². The third kappa shape index (κ3) is 3.51. The molecule has 0 bridgehead atoms. The zero-order valence-corrected chi connectivity index (χ0v) is 13.2. The Morgan fingerprint density at radius 1 is 1.22 bits per heavy atom. The third-order valence-corrected chi connectivity index (χ3v) is 3.93. The lowest BCUT2D eigenvalue weighted by Gasteiger charge is -2.06. The van der Waals surface area contributed by atoms with E-state index in [4.69, 9.17) is 4.74 Å².